The Hall–Kier alpha value is -2.70. The van der Waals surface area contributed by atoms with Crippen LogP contribution < -0.4 is 0 Å². The van der Waals surface area contributed by atoms with Gasteiger partial charge in [-0.25, -0.2) is 4.39 Å². The van der Waals surface area contributed by atoms with Crippen molar-refractivity contribution in [2.45, 2.75) is 23.9 Å². The van der Waals surface area contributed by atoms with Gasteiger partial charge in [0.05, 0.1) is 11.6 Å². The maximum absolute atomic E-state index is 14.5. The molecule has 0 amide bonds. The van der Waals surface area contributed by atoms with E-state index in [1.807, 2.05) is 0 Å². The molecule has 0 aliphatic carbocycles. The second-order valence-electron chi connectivity index (χ2n) is 5.47. The van der Waals surface area contributed by atoms with Gasteiger partial charge in [-0.2, -0.15) is 40.4 Å². The molecule has 1 nitrogen and oxygen atoms in total. The summed E-state index contributed by atoms with van der Waals surface area (Å²) < 4.78 is 119. The summed E-state index contributed by atoms with van der Waals surface area (Å²) in [6, 6.07) is 9.10. The zero-order valence-corrected chi connectivity index (χ0v) is 13.0. The molecule has 0 N–H and O–H groups in total. The van der Waals surface area contributed by atoms with Crippen LogP contribution in [0.25, 0.3) is 11.1 Å². The van der Waals surface area contributed by atoms with E-state index in [1.165, 1.54) is 24.3 Å². The average Bonchev–Trinajstić information content (AvgIpc) is 2.59. The van der Waals surface area contributed by atoms with Gasteiger partial charge in [0.15, 0.2) is 0 Å². The molecule has 2 rings (SSSR count). The van der Waals surface area contributed by atoms with Crippen LogP contribution in [0.5, 0.6) is 0 Å². The molecule has 0 aliphatic rings. The smallest absolute Gasteiger partial charge is 0.221 e. The second-order valence-corrected chi connectivity index (χ2v) is 5.47. The van der Waals surface area contributed by atoms with E-state index < -0.39 is 29.5 Å². The molecule has 0 saturated carbocycles. The molecule has 2 aromatic carbocycles. The van der Waals surface area contributed by atoms with Crippen LogP contribution in [0, 0.1) is 11.3 Å². The first-order valence-electron chi connectivity index (χ1n) is 7.07. The fraction of sp³-hybridized carbons (Fsp3) is 0.235. The van der Waals surface area contributed by atoms with E-state index in [2.05, 4.69) is 0 Å². The summed E-state index contributed by atoms with van der Waals surface area (Å²) >= 11 is 0. The molecule has 0 aliphatic heterocycles. The van der Waals surface area contributed by atoms with E-state index in [0.717, 1.165) is 6.07 Å². The Bertz CT molecular complexity index is 877. The topological polar surface area (TPSA) is 23.8 Å². The van der Waals surface area contributed by atoms with Crippen molar-refractivity contribution in [1.29, 1.82) is 5.26 Å². The number of alkyl halides is 9. The number of halogens is 9. The van der Waals surface area contributed by atoms with Gasteiger partial charge in [0.25, 0.3) is 0 Å². The molecule has 0 spiro atoms. The van der Waals surface area contributed by atoms with Crippen LogP contribution in [0.15, 0.2) is 48.5 Å². The van der Waals surface area contributed by atoms with Crippen molar-refractivity contribution in [3.05, 3.63) is 59.7 Å². The molecule has 0 aromatic heterocycles. The zero-order chi connectivity index (χ0) is 20.7. The summed E-state index contributed by atoms with van der Waals surface area (Å²) in [7, 11) is 0. The maximum Gasteiger partial charge on any atom is 0.457 e. The highest BCUT2D eigenvalue weighted by molar-refractivity contribution is 5.71. The van der Waals surface area contributed by atoms with Crippen molar-refractivity contribution in [3.63, 3.8) is 0 Å². The van der Waals surface area contributed by atoms with Crippen molar-refractivity contribution >= 4 is 0 Å². The number of nitrogens with zero attached hydrogens (tertiary/aromatic N) is 1. The van der Waals surface area contributed by atoms with Gasteiger partial charge in [-0.3, -0.25) is 0 Å². The Morgan fingerprint density at radius 1 is 0.704 bits per heavy atom. The summed E-state index contributed by atoms with van der Waals surface area (Å²) in [5.74, 6) is -6.74. The molecule has 0 fully saturated rings. The van der Waals surface area contributed by atoms with Crippen molar-refractivity contribution in [2.75, 3.05) is 0 Å². The number of nitriles is 1. The molecular formula is C17H8F9N. The molecule has 0 heterocycles. The first kappa shape index (κ1) is 20.6. The molecule has 0 bridgehead atoms. The Labute approximate surface area is 146 Å². The van der Waals surface area contributed by atoms with Gasteiger partial charge in [0, 0.05) is 5.56 Å². The number of hydrogen-bond acceptors (Lipinski definition) is 1. The molecule has 0 saturated heterocycles. The first-order chi connectivity index (χ1) is 12.3. The third-order valence-corrected chi connectivity index (χ3v) is 3.80. The summed E-state index contributed by atoms with van der Waals surface area (Å²) in [6.07, 6.45) is -13.4. The van der Waals surface area contributed by atoms with Crippen LogP contribution in [0.4, 0.5) is 39.5 Å². The van der Waals surface area contributed by atoms with E-state index in [1.54, 1.807) is 6.07 Å². The van der Waals surface area contributed by atoms with Crippen molar-refractivity contribution in [1.82, 2.24) is 0 Å². The van der Waals surface area contributed by atoms with E-state index in [0.29, 0.717) is 6.07 Å². The van der Waals surface area contributed by atoms with Gasteiger partial charge >= 0.3 is 23.9 Å². The van der Waals surface area contributed by atoms with Crippen molar-refractivity contribution in [2.24, 2.45) is 0 Å². The minimum atomic E-state index is -6.79. The third-order valence-electron chi connectivity index (χ3n) is 3.80. The molecule has 10 heteroatoms. The quantitative estimate of drug-likeness (QED) is 0.570. The fourth-order valence-corrected chi connectivity index (χ4v) is 2.45. The summed E-state index contributed by atoms with van der Waals surface area (Å²) in [6.45, 7) is 0. The van der Waals surface area contributed by atoms with Crippen LogP contribution in [0.1, 0.15) is 11.1 Å². The lowest BCUT2D eigenvalue weighted by atomic mass is 9.85. The number of benzene rings is 2. The lowest BCUT2D eigenvalue weighted by molar-refractivity contribution is -0.389. The summed E-state index contributed by atoms with van der Waals surface area (Å²) in [4.78, 5) is 0. The Kier molecular flexibility index (Phi) is 4.94. The van der Waals surface area contributed by atoms with Gasteiger partial charge in [-0.05, 0) is 23.3 Å². The van der Waals surface area contributed by atoms with Gasteiger partial charge in [0.2, 0.25) is 0 Å². The highest BCUT2D eigenvalue weighted by Gasteiger charge is 2.81. The van der Waals surface area contributed by atoms with Gasteiger partial charge in [0.1, 0.15) is 0 Å². The molecule has 1 atom stereocenters. The van der Waals surface area contributed by atoms with Crippen LogP contribution in [-0.4, -0.2) is 18.3 Å². The van der Waals surface area contributed by atoms with Crippen LogP contribution in [-0.2, 0) is 5.67 Å². The Balaban J connectivity index is 2.76. The predicted molar refractivity (Wildman–Crippen MR) is 76.4 cm³/mol. The lowest BCUT2D eigenvalue weighted by Gasteiger charge is -2.36. The van der Waals surface area contributed by atoms with Crippen LogP contribution in [0.3, 0.4) is 0 Å². The summed E-state index contributed by atoms with van der Waals surface area (Å²) in [5.41, 5.74) is -8.41. The van der Waals surface area contributed by atoms with Crippen LogP contribution >= 0.6 is 0 Å². The van der Waals surface area contributed by atoms with Gasteiger partial charge < -0.3 is 0 Å². The molecule has 1 unspecified atom stereocenters. The first-order valence-corrected chi connectivity index (χ1v) is 7.07. The summed E-state index contributed by atoms with van der Waals surface area (Å²) in [5, 5.41) is 9.00. The normalized spacial score (nSPS) is 15.1. The standard InChI is InChI=1S/C17H8F9N/c18-14(16(21,22)23,15(19,20)17(24,25)26)12-6-3-5-10(8-12)13-7-2-1-4-11(13)9-27/h1-8H. The zero-order valence-electron chi connectivity index (χ0n) is 13.0. The third kappa shape index (κ3) is 3.22. The lowest BCUT2D eigenvalue weighted by Crippen LogP contribution is -2.59. The molecular weight excluding hydrogens is 389 g/mol. The van der Waals surface area contributed by atoms with E-state index >= 15 is 0 Å². The largest absolute Gasteiger partial charge is 0.457 e. The van der Waals surface area contributed by atoms with Crippen molar-refractivity contribution < 1.29 is 39.5 Å². The minimum Gasteiger partial charge on any atom is -0.221 e. The number of hydrogen-bond donors (Lipinski definition) is 0. The van der Waals surface area contributed by atoms with Gasteiger partial charge in [-0.1, -0.05) is 36.4 Å². The Morgan fingerprint density at radius 3 is 1.81 bits per heavy atom. The Morgan fingerprint density at radius 2 is 1.30 bits per heavy atom. The highest BCUT2D eigenvalue weighted by Crippen LogP contribution is 2.58. The van der Waals surface area contributed by atoms with E-state index in [-0.39, 0.29) is 28.8 Å². The minimum absolute atomic E-state index is 0.0540. The molecule has 144 valence electrons. The molecule has 2 aromatic rings. The van der Waals surface area contributed by atoms with Gasteiger partial charge in [-0.15, -0.1) is 0 Å². The van der Waals surface area contributed by atoms with E-state index in [4.69, 9.17) is 5.26 Å². The van der Waals surface area contributed by atoms with Crippen LogP contribution in [0.2, 0.25) is 0 Å². The van der Waals surface area contributed by atoms with E-state index in [9.17, 15) is 39.5 Å². The monoisotopic (exact) mass is 397 g/mol. The number of rotatable bonds is 3. The predicted octanol–water partition coefficient (Wildman–Crippen LogP) is 6.15. The van der Waals surface area contributed by atoms with Crippen molar-refractivity contribution in [3.8, 4) is 17.2 Å². The SMILES string of the molecule is N#Cc1ccccc1-c1cccc(C(F)(C(F)(F)F)C(F)(F)C(F)(F)F)c1. The molecule has 0 radical (unpaired) electrons. The second kappa shape index (κ2) is 6.48. The average molecular weight is 397 g/mol. The fourth-order valence-electron chi connectivity index (χ4n) is 2.45. The maximum atomic E-state index is 14.5. The highest BCUT2D eigenvalue weighted by atomic mass is 19.4. The molecule has 27 heavy (non-hydrogen) atoms.